The third-order valence-electron chi connectivity index (χ3n) is 1.92. The molecule has 0 saturated carbocycles. The molecule has 0 aliphatic carbocycles. The zero-order chi connectivity index (χ0) is 9.84. The van der Waals surface area contributed by atoms with E-state index in [2.05, 4.69) is 31.9 Å². The summed E-state index contributed by atoms with van der Waals surface area (Å²) in [6, 6.07) is 7.95. The summed E-state index contributed by atoms with van der Waals surface area (Å²) in [5, 5.41) is 9.64. The van der Waals surface area contributed by atoms with Crippen molar-refractivity contribution in [3.05, 3.63) is 34.3 Å². The lowest BCUT2D eigenvalue weighted by molar-refractivity contribution is 0.178. The highest BCUT2D eigenvalue weighted by Gasteiger charge is 2.12. The quantitative estimate of drug-likeness (QED) is 0.851. The molecule has 0 fully saturated rings. The fourth-order valence-corrected chi connectivity index (χ4v) is 1.69. The van der Waals surface area contributed by atoms with Gasteiger partial charge in [-0.15, -0.1) is 0 Å². The number of alkyl halides is 1. The Morgan fingerprint density at radius 1 is 1.38 bits per heavy atom. The van der Waals surface area contributed by atoms with Crippen LogP contribution >= 0.6 is 31.9 Å². The van der Waals surface area contributed by atoms with Crippen molar-refractivity contribution in [2.45, 2.75) is 24.3 Å². The number of halogens is 2. The molecule has 0 bridgehead atoms. The summed E-state index contributed by atoms with van der Waals surface area (Å²) in [5.41, 5.74) is 1.14. The molecule has 1 nitrogen and oxygen atoms in total. The Hall–Kier alpha value is 0.140. The lowest BCUT2D eigenvalue weighted by Gasteiger charge is -2.13. The zero-order valence-corrected chi connectivity index (χ0v) is 10.5. The third kappa shape index (κ3) is 3.41. The molecule has 2 atom stereocenters. The first kappa shape index (κ1) is 11.2. The van der Waals surface area contributed by atoms with E-state index in [0.29, 0.717) is 6.42 Å². The Bertz CT molecular complexity index is 273. The molecule has 0 heterocycles. The monoisotopic (exact) mass is 306 g/mol. The van der Waals surface area contributed by atoms with E-state index in [0.717, 1.165) is 10.0 Å². The molecule has 13 heavy (non-hydrogen) atoms. The van der Waals surface area contributed by atoms with Crippen LogP contribution in [0.15, 0.2) is 28.7 Å². The van der Waals surface area contributed by atoms with E-state index in [-0.39, 0.29) is 10.9 Å². The first-order valence-electron chi connectivity index (χ1n) is 4.17. The molecule has 2 unspecified atom stereocenters. The lowest BCUT2D eigenvalue weighted by Crippen LogP contribution is -2.20. The normalized spacial score (nSPS) is 15.4. The summed E-state index contributed by atoms with van der Waals surface area (Å²) >= 11 is 6.80. The Balaban J connectivity index is 2.69. The number of rotatable bonds is 3. The van der Waals surface area contributed by atoms with Crippen LogP contribution in [-0.4, -0.2) is 16.0 Å². The van der Waals surface area contributed by atoms with Crippen molar-refractivity contribution in [1.29, 1.82) is 0 Å². The van der Waals surface area contributed by atoms with Gasteiger partial charge in [0.05, 0.1) is 6.10 Å². The Morgan fingerprint density at radius 3 is 2.54 bits per heavy atom. The minimum absolute atomic E-state index is 0.125. The van der Waals surface area contributed by atoms with Gasteiger partial charge in [-0.2, -0.15) is 0 Å². The van der Waals surface area contributed by atoms with E-state index < -0.39 is 0 Å². The minimum atomic E-state index is -0.335. The van der Waals surface area contributed by atoms with Crippen LogP contribution in [-0.2, 0) is 6.42 Å². The van der Waals surface area contributed by atoms with E-state index in [1.807, 2.05) is 31.2 Å². The van der Waals surface area contributed by atoms with E-state index in [4.69, 9.17) is 0 Å². The highest BCUT2D eigenvalue weighted by Crippen LogP contribution is 2.19. The zero-order valence-electron chi connectivity index (χ0n) is 7.37. The maximum Gasteiger partial charge on any atom is 0.0703 e. The van der Waals surface area contributed by atoms with Gasteiger partial charge in [-0.3, -0.25) is 0 Å². The number of hydrogen-bond donors (Lipinski definition) is 1. The molecule has 0 aliphatic rings. The molecular formula is C10H12Br2O. The molecule has 0 radical (unpaired) electrons. The van der Waals surface area contributed by atoms with Gasteiger partial charge in [0.15, 0.2) is 0 Å². The van der Waals surface area contributed by atoms with Gasteiger partial charge in [0.1, 0.15) is 0 Å². The van der Waals surface area contributed by atoms with Crippen molar-refractivity contribution in [3.8, 4) is 0 Å². The summed E-state index contributed by atoms with van der Waals surface area (Å²) in [6.07, 6.45) is 0.340. The first-order valence-corrected chi connectivity index (χ1v) is 5.87. The van der Waals surface area contributed by atoms with Crippen LogP contribution in [0.4, 0.5) is 0 Å². The molecule has 1 aromatic rings. The Kier molecular flexibility index (Phi) is 4.42. The van der Waals surface area contributed by atoms with Gasteiger partial charge in [-0.05, 0) is 11.6 Å². The number of aliphatic hydroxyl groups is 1. The molecule has 0 aromatic heterocycles. The van der Waals surface area contributed by atoms with Gasteiger partial charge >= 0.3 is 0 Å². The number of benzene rings is 1. The second-order valence-corrected chi connectivity index (χ2v) is 5.34. The van der Waals surface area contributed by atoms with Crippen LogP contribution in [0.2, 0.25) is 0 Å². The third-order valence-corrected chi connectivity index (χ3v) is 3.30. The van der Waals surface area contributed by atoms with E-state index >= 15 is 0 Å². The summed E-state index contributed by atoms with van der Waals surface area (Å²) in [6.45, 7) is 1.95. The van der Waals surface area contributed by atoms with Crippen LogP contribution < -0.4 is 0 Å². The van der Waals surface area contributed by atoms with Crippen molar-refractivity contribution in [2.24, 2.45) is 0 Å². The summed E-state index contributed by atoms with van der Waals surface area (Å²) < 4.78 is 1.06. The average molecular weight is 308 g/mol. The summed E-state index contributed by atoms with van der Waals surface area (Å²) in [7, 11) is 0. The molecule has 72 valence electrons. The van der Waals surface area contributed by atoms with E-state index in [1.54, 1.807) is 0 Å². The molecule has 1 rings (SSSR count). The average Bonchev–Trinajstić information content (AvgIpc) is 2.08. The smallest absolute Gasteiger partial charge is 0.0703 e. The molecule has 0 aliphatic heterocycles. The van der Waals surface area contributed by atoms with Crippen molar-refractivity contribution < 1.29 is 5.11 Å². The highest BCUT2D eigenvalue weighted by molar-refractivity contribution is 9.10. The standard InChI is InChI=1S/C10H12Br2O/c1-7(11)10(13)6-8-4-2-3-5-9(8)12/h2-5,7,10,13H,6H2,1H3. The van der Waals surface area contributed by atoms with E-state index in [9.17, 15) is 5.11 Å². The van der Waals surface area contributed by atoms with Gasteiger partial charge in [-0.1, -0.05) is 57.0 Å². The topological polar surface area (TPSA) is 20.2 Å². The van der Waals surface area contributed by atoms with Crippen molar-refractivity contribution in [1.82, 2.24) is 0 Å². The molecular weight excluding hydrogens is 296 g/mol. The van der Waals surface area contributed by atoms with Crippen molar-refractivity contribution in [2.75, 3.05) is 0 Å². The molecule has 0 amide bonds. The van der Waals surface area contributed by atoms with Crippen LogP contribution in [0.5, 0.6) is 0 Å². The molecule has 1 N–H and O–H groups in total. The Labute approximate surface area is 95.4 Å². The van der Waals surface area contributed by atoms with Gasteiger partial charge in [0, 0.05) is 15.7 Å². The minimum Gasteiger partial charge on any atom is -0.392 e. The second-order valence-electron chi connectivity index (χ2n) is 3.04. The van der Waals surface area contributed by atoms with Gasteiger partial charge in [0.2, 0.25) is 0 Å². The Morgan fingerprint density at radius 2 is 2.00 bits per heavy atom. The maximum absolute atomic E-state index is 9.64. The number of aliphatic hydroxyl groups excluding tert-OH is 1. The predicted octanol–water partition coefficient (Wildman–Crippen LogP) is 3.14. The highest BCUT2D eigenvalue weighted by atomic mass is 79.9. The fourth-order valence-electron chi connectivity index (χ4n) is 1.05. The summed E-state index contributed by atoms with van der Waals surface area (Å²) in [5.74, 6) is 0. The lowest BCUT2D eigenvalue weighted by atomic mass is 10.1. The van der Waals surface area contributed by atoms with Gasteiger partial charge in [-0.25, -0.2) is 0 Å². The SMILES string of the molecule is CC(Br)C(O)Cc1ccccc1Br. The largest absolute Gasteiger partial charge is 0.392 e. The van der Waals surface area contributed by atoms with Crippen molar-refractivity contribution in [3.63, 3.8) is 0 Å². The van der Waals surface area contributed by atoms with Gasteiger partial charge in [0.25, 0.3) is 0 Å². The molecule has 3 heteroatoms. The second kappa shape index (κ2) is 5.13. The maximum atomic E-state index is 9.64. The van der Waals surface area contributed by atoms with Gasteiger partial charge < -0.3 is 5.11 Å². The van der Waals surface area contributed by atoms with Crippen LogP contribution in [0.25, 0.3) is 0 Å². The van der Waals surface area contributed by atoms with Crippen LogP contribution in [0.3, 0.4) is 0 Å². The fraction of sp³-hybridized carbons (Fsp3) is 0.400. The molecule has 0 spiro atoms. The number of hydrogen-bond acceptors (Lipinski definition) is 1. The van der Waals surface area contributed by atoms with Crippen LogP contribution in [0, 0.1) is 0 Å². The predicted molar refractivity (Wildman–Crippen MR) is 62.2 cm³/mol. The first-order chi connectivity index (χ1) is 6.11. The van der Waals surface area contributed by atoms with Crippen molar-refractivity contribution >= 4 is 31.9 Å². The van der Waals surface area contributed by atoms with E-state index in [1.165, 1.54) is 0 Å². The van der Waals surface area contributed by atoms with Crippen LogP contribution in [0.1, 0.15) is 12.5 Å². The summed E-state index contributed by atoms with van der Waals surface area (Å²) in [4.78, 5) is 0.125. The molecule has 0 saturated heterocycles. The molecule has 1 aromatic carbocycles.